The number of nitrogens with two attached hydrogens (primary N) is 1. The van der Waals surface area contributed by atoms with Crippen LogP contribution in [-0.4, -0.2) is 30.9 Å². The predicted molar refractivity (Wildman–Crippen MR) is 119 cm³/mol. The number of rotatable bonds is 9. The van der Waals surface area contributed by atoms with Crippen LogP contribution in [0, 0.1) is 0 Å². The molecule has 6 heteroatoms. The van der Waals surface area contributed by atoms with E-state index in [1.54, 1.807) is 0 Å². The molecule has 0 aliphatic carbocycles. The minimum atomic E-state index is -1.72. The van der Waals surface area contributed by atoms with Crippen molar-refractivity contribution in [3.8, 4) is 0 Å². The molecule has 1 heterocycles. The van der Waals surface area contributed by atoms with Crippen molar-refractivity contribution < 1.29 is 4.43 Å². The van der Waals surface area contributed by atoms with E-state index in [0.29, 0.717) is 12.0 Å². The molecular formula is C21H36N4OSi. The number of unbranched alkanes of at least 4 members (excludes halogenated alkanes) is 1. The van der Waals surface area contributed by atoms with Crippen LogP contribution < -0.4 is 11.1 Å². The van der Waals surface area contributed by atoms with Crippen molar-refractivity contribution in [2.75, 3.05) is 17.7 Å². The Labute approximate surface area is 165 Å². The highest BCUT2D eigenvalue weighted by atomic mass is 28.4. The molecule has 1 atom stereocenters. The van der Waals surface area contributed by atoms with Gasteiger partial charge in [-0.1, -0.05) is 52.7 Å². The van der Waals surface area contributed by atoms with Gasteiger partial charge in [0, 0.05) is 18.0 Å². The highest BCUT2D eigenvalue weighted by Crippen LogP contribution is 2.36. The van der Waals surface area contributed by atoms with Crippen molar-refractivity contribution in [2.24, 2.45) is 0 Å². The first-order valence-corrected chi connectivity index (χ1v) is 13.0. The number of fused-ring (bicyclic) bond motifs is 1. The second-order valence-electron chi connectivity index (χ2n) is 8.83. The topological polar surface area (TPSA) is 73.1 Å². The summed E-state index contributed by atoms with van der Waals surface area (Å²) in [5.41, 5.74) is 6.80. The Bertz CT molecular complexity index is 743. The van der Waals surface area contributed by atoms with Gasteiger partial charge in [0.2, 0.25) is 5.95 Å². The summed E-state index contributed by atoms with van der Waals surface area (Å²) >= 11 is 0. The smallest absolute Gasteiger partial charge is 0.222 e. The number of benzene rings is 1. The van der Waals surface area contributed by atoms with Crippen molar-refractivity contribution in [1.29, 1.82) is 0 Å². The van der Waals surface area contributed by atoms with Crippen LogP contribution in [0.15, 0.2) is 24.3 Å². The van der Waals surface area contributed by atoms with Gasteiger partial charge in [-0.2, -0.15) is 4.98 Å². The van der Waals surface area contributed by atoms with Crippen LogP contribution in [0.4, 0.5) is 11.8 Å². The molecule has 0 spiro atoms. The molecular weight excluding hydrogens is 352 g/mol. The zero-order valence-electron chi connectivity index (χ0n) is 17.8. The van der Waals surface area contributed by atoms with E-state index >= 15 is 0 Å². The number of anilines is 2. The average molecular weight is 389 g/mol. The fourth-order valence-electron chi connectivity index (χ4n) is 2.81. The fraction of sp³-hybridized carbons (Fsp3) is 0.619. The molecule has 3 N–H and O–H groups in total. The van der Waals surface area contributed by atoms with Crippen LogP contribution in [0.2, 0.25) is 18.1 Å². The summed E-state index contributed by atoms with van der Waals surface area (Å²) in [6, 6.07) is 8.31. The van der Waals surface area contributed by atoms with Crippen molar-refractivity contribution >= 4 is 31.0 Å². The predicted octanol–water partition coefficient (Wildman–Crippen LogP) is 5.59. The first-order valence-electron chi connectivity index (χ1n) is 10.1. The lowest BCUT2D eigenvalue weighted by Gasteiger charge is -2.36. The quantitative estimate of drug-likeness (QED) is 0.547. The van der Waals surface area contributed by atoms with Crippen LogP contribution in [0.3, 0.4) is 0 Å². The molecule has 0 radical (unpaired) electrons. The Hall–Kier alpha value is -1.66. The summed E-state index contributed by atoms with van der Waals surface area (Å²) in [5.74, 6) is 1.13. The summed E-state index contributed by atoms with van der Waals surface area (Å²) in [6.45, 7) is 14.4. The third-order valence-corrected chi connectivity index (χ3v) is 10.1. The fourth-order valence-corrected chi connectivity index (χ4v) is 3.87. The van der Waals surface area contributed by atoms with Gasteiger partial charge in [-0.15, -0.1) is 0 Å². The van der Waals surface area contributed by atoms with Gasteiger partial charge >= 0.3 is 0 Å². The van der Waals surface area contributed by atoms with Gasteiger partial charge in [-0.3, -0.25) is 0 Å². The Morgan fingerprint density at radius 2 is 1.85 bits per heavy atom. The minimum absolute atomic E-state index is 0.233. The van der Waals surface area contributed by atoms with E-state index in [1.807, 2.05) is 24.3 Å². The van der Waals surface area contributed by atoms with Crippen LogP contribution in [0.1, 0.15) is 53.4 Å². The van der Waals surface area contributed by atoms with E-state index in [4.69, 9.17) is 10.2 Å². The van der Waals surface area contributed by atoms with E-state index in [2.05, 4.69) is 56.1 Å². The van der Waals surface area contributed by atoms with Crippen LogP contribution in [0.5, 0.6) is 0 Å². The summed E-state index contributed by atoms with van der Waals surface area (Å²) in [4.78, 5) is 8.80. The third-order valence-electron chi connectivity index (χ3n) is 5.60. The third kappa shape index (κ3) is 5.91. The van der Waals surface area contributed by atoms with Crippen LogP contribution >= 0.6 is 0 Å². The van der Waals surface area contributed by atoms with Gasteiger partial charge < -0.3 is 15.5 Å². The largest absolute Gasteiger partial charge is 0.417 e. The Kier molecular flexibility index (Phi) is 7.23. The Morgan fingerprint density at radius 1 is 1.15 bits per heavy atom. The van der Waals surface area contributed by atoms with Gasteiger partial charge in [0.25, 0.3) is 0 Å². The maximum atomic E-state index is 6.39. The van der Waals surface area contributed by atoms with Gasteiger partial charge in [0.05, 0.1) is 5.52 Å². The number of nitrogen functional groups attached to an aromatic ring is 1. The molecule has 0 fully saturated rings. The highest BCUT2D eigenvalue weighted by Gasteiger charge is 2.37. The summed E-state index contributed by atoms with van der Waals surface area (Å²) in [6.07, 6.45) is 4.41. The number of hydrogen-bond donors (Lipinski definition) is 2. The standard InChI is InChI=1S/C21H36N4OSi/c1-7-8-11-16(14-15-26-27(5,6)21(2,3)4)23-19-17-12-9-10-13-18(17)24-20(22)25-19/h9-10,12-13,16H,7-8,11,14-15H2,1-6H3,(H3,22,23,24,25). The lowest BCUT2D eigenvalue weighted by molar-refractivity contribution is 0.272. The number of para-hydroxylation sites is 1. The first-order chi connectivity index (χ1) is 12.6. The van der Waals surface area contributed by atoms with Gasteiger partial charge in [0.15, 0.2) is 8.32 Å². The van der Waals surface area contributed by atoms with Crippen molar-refractivity contribution in [2.45, 2.75) is 77.6 Å². The summed E-state index contributed by atoms with van der Waals surface area (Å²) in [5, 5.41) is 4.87. The Morgan fingerprint density at radius 3 is 2.52 bits per heavy atom. The number of nitrogens with zero attached hydrogens (tertiary/aromatic N) is 2. The molecule has 2 aromatic rings. The lowest BCUT2D eigenvalue weighted by atomic mass is 10.1. The van der Waals surface area contributed by atoms with E-state index < -0.39 is 8.32 Å². The number of aromatic nitrogens is 2. The zero-order chi connectivity index (χ0) is 20.1. The summed E-state index contributed by atoms with van der Waals surface area (Å²) in [7, 11) is -1.72. The van der Waals surface area contributed by atoms with Gasteiger partial charge in [-0.05, 0) is 43.1 Å². The molecule has 0 amide bonds. The Balaban J connectivity index is 2.11. The second-order valence-corrected chi connectivity index (χ2v) is 13.6. The summed E-state index contributed by atoms with van der Waals surface area (Å²) < 4.78 is 6.39. The molecule has 1 aromatic carbocycles. The molecule has 5 nitrogen and oxygen atoms in total. The lowest BCUT2D eigenvalue weighted by Crippen LogP contribution is -2.41. The van der Waals surface area contributed by atoms with Crippen molar-refractivity contribution in [3.63, 3.8) is 0 Å². The molecule has 0 saturated carbocycles. The van der Waals surface area contributed by atoms with E-state index in [0.717, 1.165) is 36.2 Å². The molecule has 1 aromatic heterocycles. The highest BCUT2D eigenvalue weighted by molar-refractivity contribution is 6.74. The first kappa shape index (κ1) is 21.6. The molecule has 27 heavy (non-hydrogen) atoms. The maximum Gasteiger partial charge on any atom is 0.222 e. The van der Waals surface area contributed by atoms with Crippen molar-refractivity contribution in [1.82, 2.24) is 9.97 Å². The minimum Gasteiger partial charge on any atom is -0.417 e. The van der Waals surface area contributed by atoms with Crippen LogP contribution in [-0.2, 0) is 4.43 Å². The van der Waals surface area contributed by atoms with E-state index in [-0.39, 0.29) is 5.04 Å². The zero-order valence-corrected chi connectivity index (χ0v) is 18.8. The molecule has 0 aliphatic rings. The SMILES string of the molecule is CCCCC(CCO[Si](C)(C)C(C)(C)C)Nc1nc(N)nc2ccccc12. The van der Waals surface area contributed by atoms with Gasteiger partial charge in [-0.25, -0.2) is 4.98 Å². The van der Waals surface area contributed by atoms with Crippen molar-refractivity contribution in [3.05, 3.63) is 24.3 Å². The molecule has 1 unspecified atom stereocenters. The second kappa shape index (κ2) is 9.02. The number of nitrogens with one attached hydrogen (secondary N) is 1. The van der Waals surface area contributed by atoms with Gasteiger partial charge in [0.1, 0.15) is 5.82 Å². The molecule has 0 saturated heterocycles. The molecule has 0 aliphatic heterocycles. The molecule has 150 valence electrons. The van der Waals surface area contributed by atoms with E-state index in [1.165, 1.54) is 12.8 Å². The monoisotopic (exact) mass is 388 g/mol. The normalized spacial score (nSPS) is 13.7. The maximum absolute atomic E-state index is 6.39. The van der Waals surface area contributed by atoms with E-state index in [9.17, 15) is 0 Å². The number of hydrogen-bond acceptors (Lipinski definition) is 5. The molecule has 2 rings (SSSR count). The van der Waals surface area contributed by atoms with Crippen LogP contribution in [0.25, 0.3) is 10.9 Å². The average Bonchev–Trinajstić information content (AvgIpc) is 2.58. The molecule has 0 bridgehead atoms.